The number of para-hydroxylation sites is 1. The SMILES string of the molecule is CC(C)(C)OC=O.CC1(C)C(=O)Nc2cc([N+](=O)[O-])ccc21.c1ccc2ncccc2c1. The van der Waals surface area contributed by atoms with Gasteiger partial charge in [-0.1, -0.05) is 24.3 Å². The van der Waals surface area contributed by atoms with Crippen molar-refractivity contribution in [1.82, 2.24) is 4.98 Å². The van der Waals surface area contributed by atoms with Crippen LogP contribution in [0.2, 0.25) is 0 Å². The molecule has 0 fully saturated rings. The number of non-ortho nitro benzene ring substituents is 1. The number of nitro benzene ring substituents is 1. The molecular weight excluding hydrogens is 410 g/mol. The molecule has 1 aliphatic rings. The molecule has 168 valence electrons. The predicted octanol–water partition coefficient (Wildman–Crippen LogP) is 5.02. The van der Waals surface area contributed by atoms with Gasteiger partial charge in [0.25, 0.3) is 12.2 Å². The summed E-state index contributed by atoms with van der Waals surface area (Å²) < 4.78 is 4.55. The van der Waals surface area contributed by atoms with Gasteiger partial charge in [0.1, 0.15) is 5.60 Å². The molecule has 8 heteroatoms. The minimum Gasteiger partial charge on any atom is -0.462 e. The van der Waals surface area contributed by atoms with Crippen LogP contribution in [0.15, 0.2) is 60.8 Å². The molecule has 0 bridgehead atoms. The number of ether oxygens (including phenoxy) is 1. The van der Waals surface area contributed by atoms with Crippen molar-refractivity contribution in [2.45, 2.75) is 45.6 Å². The van der Waals surface area contributed by atoms with Crippen molar-refractivity contribution in [2.75, 3.05) is 5.32 Å². The largest absolute Gasteiger partial charge is 0.462 e. The van der Waals surface area contributed by atoms with Gasteiger partial charge < -0.3 is 10.1 Å². The summed E-state index contributed by atoms with van der Waals surface area (Å²) in [5.41, 5.74) is 1.47. The zero-order valence-electron chi connectivity index (χ0n) is 18.8. The third kappa shape index (κ3) is 6.34. The molecule has 0 spiro atoms. The standard InChI is InChI=1S/C10H10N2O3.C9H7N.C5H10O2/c1-10(2)7-4-3-6(12(14)15)5-8(7)11-9(10)13;1-2-6-9-8(4-1)5-3-7-10-9;1-5(2,3)7-4-6/h3-5H,1-2H3,(H,11,13);1-7H;4H,1-3H3. The minimum atomic E-state index is -0.607. The Labute approximate surface area is 186 Å². The number of carbonyl (C=O) groups is 2. The summed E-state index contributed by atoms with van der Waals surface area (Å²) in [6.07, 6.45) is 1.81. The summed E-state index contributed by atoms with van der Waals surface area (Å²) in [6, 6.07) is 16.5. The zero-order chi connectivity index (χ0) is 23.9. The lowest BCUT2D eigenvalue weighted by molar-refractivity contribution is -0.384. The molecule has 1 N–H and O–H groups in total. The van der Waals surface area contributed by atoms with Gasteiger partial charge in [-0.3, -0.25) is 24.7 Å². The Kier molecular flexibility index (Phi) is 7.64. The molecule has 1 aliphatic heterocycles. The van der Waals surface area contributed by atoms with Crippen LogP contribution in [0.4, 0.5) is 11.4 Å². The number of rotatable bonds is 2. The van der Waals surface area contributed by atoms with Crippen molar-refractivity contribution in [3.8, 4) is 0 Å². The van der Waals surface area contributed by atoms with Gasteiger partial charge in [-0.25, -0.2) is 0 Å². The van der Waals surface area contributed by atoms with Crippen LogP contribution >= 0.6 is 0 Å². The number of nitro groups is 1. The van der Waals surface area contributed by atoms with Crippen LogP contribution in [0.1, 0.15) is 40.2 Å². The first kappa shape index (κ1) is 24.5. The van der Waals surface area contributed by atoms with Crippen molar-refractivity contribution in [3.05, 3.63) is 76.5 Å². The summed E-state index contributed by atoms with van der Waals surface area (Å²) in [7, 11) is 0. The maximum Gasteiger partial charge on any atom is 0.293 e. The number of benzene rings is 2. The Balaban J connectivity index is 0.000000185. The monoisotopic (exact) mass is 437 g/mol. The smallest absolute Gasteiger partial charge is 0.293 e. The third-order valence-electron chi connectivity index (χ3n) is 4.62. The van der Waals surface area contributed by atoms with E-state index in [4.69, 9.17) is 0 Å². The van der Waals surface area contributed by atoms with Crippen LogP contribution in [0, 0.1) is 10.1 Å². The first-order chi connectivity index (χ1) is 15.0. The highest BCUT2D eigenvalue weighted by atomic mass is 16.6. The second-order valence-corrected chi connectivity index (χ2v) is 8.59. The number of fused-ring (bicyclic) bond motifs is 2. The van der Waals surface area contributed by atoms with Crippen LogP contribution in [-0.4, -0.2) is 27.9 Å². The van der Waals surface area contributed by atoms with Gasteiger partial charge in [-0.05, 0) is 58.4 Å². The van der Waals surface area contributed by atoms with Crippen LogP contribution in [0.25, 0.3) is 10.9 Å². The van der Waals surface area contributed by atoms with Crippen molar-refractivity contribution >= 4 is 34.7 Å². The maximum absolute atomic E-state index is 11.6. The van der Waals surface area contributed by atoms with E-state index in [1.54, 1.807) is 19.9 Å². The molecule has 0 aliphatic carbocycles. The van der Waals surface area contributed by atoms with Gasteiger partial charge in [-0.15, -0.1) is 0 Å². The Morgan fingerprint density at radius 3 is 2.31 bits per heavy atom. The Bertz CT molecular complexity index is 1050. The van der Waals surface area contributed by atoms with Crippen LogP contribution in [0.5, 0.6) is 0 Å². The molecule has 1 aromatic heterocycles. The molecular formula is C24H27N3O5. The molecule has 0 atom stereocenters. The molecule has 1 amide bonds. The predicted molar refractivity (Wildman–Crippen MR) is 123 cm³/mol. The van der Waals surface area contributed by atoms with Gasteiger partial charge in [0, 0.05) is 23.7 Å². The topological polar surface area (TPSA) is 111 Å². The number of anilines is 1. The average Bonchev–Trinajstić information content (AvgIpc) is 2.96. The molecule has 8 nitrogen and oxygen atoms in total. The second kappa shape index (κ2) is 10.00. The molecule has 2 heterocycles. The van der Waals surface area contributed by atoms with E-state index in [0.717, 1.165) is 11.1 Å². The quantitative estimate of drug-likeness (QED) is 0.342. The number of carbonyl (C=O) groups excluding carboxylic acids is 2. The van der Waals surface area contributed by atoms with E-state index in [9.17, 15) is 19.7 Å². The number of pyridine rings is 1. The Morgan fingerprint density at radius 2 is 1.75 bits per heavy atom. The number of amides is 1. The summed E-state index contributed by atoms with van der Waals surface area (Å²) in [5, 5.41) is 14.4. The zero-order valence-corrected chi connectivity index (χ0v) is 18.8. The van der Waals surface area contributed by atoms with Crippen molar-refractivity contribution in [3.63, 3.8) is 0 Å². The fourth-order valence-electron chi connectivity index (χ4n) is 2.86. The highest BCUT2D eigenvalue weighted by Crippen LogP contribution is 2.38. The molecule has 0 saturated carbocycles. The number of hydrogen-bond acceptors (Lipinski definition) is 6. The van der Waals surface area contributed by atoms with Crippen molar-refractivity contribution in [1.29, 1.82) is 0 Å². The first-order valence-electron chi connectivity index (χ1n) is 9.97. The summed E-state index contributed by atoms with van der Waals surface area (Å²) in [4.78, 5) is 35.4. The van der Waals surface area contributed by atoms with Crippen molar-refractivity contribution in [2.24, 2.45) is 0 Å². The number of nitrogens with zero attached hydrogens (tertiary/aromatic N) is 2. The van der Waals surface area contributed by atoms with Gasteiger partial charge in [0.15, 0.2) is 0 Å². The summed E-state index contributed by atoms with van der Waals surface area (Å²) in [5.74, 6) is -0.127. The fourth-order valence-corrected chi connectivity index (χ4v) is 2.86. The summed E-state index contributed by atoms with van der Waals surface area (Å²) in [6.45, 7) is 9.50. The molecule has 4 rings (SSSR count). The Hall–Kier alpha value is -3.81. The van der Waals surface area contributed by atoms with Gasteiger partial charge in [-0.2, -0.15) is 0 Å². The average molecular weight is 437 g/mol. The number of nitrogens with one attached hydrogen (secondary N) is 1. The summed E-state index contributed by atoms with van der Waals surface area (Å²) >= 11 is 0. The van der Waals surface area contributed by atoms with E-state index in [-0.39, 0.29) is 17.2 Å². The normalized spacial score (nSPS) is 13.5. The van der Waals surface area contributed by atoms with E-state index >= 15 is 0 Å². The van der Waals surface area contributed by atoms with E-state index in [1.165, 1.54) is 17.5 Å². The fraction of sp³-hybridized carbons (Fsp3) is 0.292. The van der Waals surface area contributed by atoms with E-state index in [1.807, 2.05) is 51.2 Å². The number of aromatic nitrogens is 1. The van der Waals surface area contributed by atoms with Crippen LogP contribution < -0.4 is 5.32 Å². The van der Waals surface area contributed by atoms with Gasteiger partial charge in [0.05, 0.1) is 21.5 Å². The lowest BCUT2D eigenvalue weighted by Crippen LogP contribution is -2.26. The number of hydrogen-bond donors (Lipinski definition) is 1. The molecule has 0 unspecified atom stereocenters. The lowest BCUT2D eigenvalue weighted by Gasteiger charge is -2.14. The Morgan fingerprint density at radius 1 is 1.09 bits per heavy atom. The highest BCUT2D eigenvalue weighted by Gasteiger charge is 2.38. The van der Waals surface area contributed by atoms with Crippen LogP contribution in [0.3, 0.4) is 0 Å². The van der Waals surface area contributed by atoms with Gasteiger partial charge >= 0.3 is 0 Å². The van der Waals surface area contributed by atoms with Gasteiger partial charge in [0.2, 0.25) is 5.91 Å². The second-order valence-electron chi connectivity index (χ2n) is 8.59. The molecule has 3 aromatic rings. The maximum atomic E-state index is 11.6. The van der Waals surface area contributed by atoms with Crippen LogP contribution in [-0.2, 0) is 19.7 Å². The van der Waals surface area contributed by atoms with E-state index in [2.05, 4.69) is 27.2 Å². The molecule has 32 heavy (non-hydrogen) atoms. The third-order valence-corrected chi connectivity index (χ3v) is 4.62. The van der Waals surface area contributed by atoms with Crippen molar-refractivity contribution < 1.29 is 19.2 Å². The lowest BCUT2D eigenvalue weighted by atomic mass is 9.86. The van der Waals surface area contributed by atoms with E-state index < -0.39 is 10.3 Å². The van der Waals surface area contributed by atoms with E-state index in [0.29, 0.717) is 12.2 Å². The molecule has 2 aromatic carbocycles. The minimum absolute atomic E-state index is 0.00764. The molecule has 0 radical (unpaired) electrons. The first-order valence-corrected chi connectivity index (χ1v) is 9.97. The molecule has 0 saturated heterocycles. The highest BCUT2D eigenvalue weighted by molar-refractivity contribution is 6.05.